The van der Waals surface area contributed by atoms with Gasteiger partial charge in [0.25, 0.3) is 5.56 Å². The Bertz CT molecular complexity index is 883. The Morgan fingerprint density at radius 2 is 2.21 bits per heavy atom. The minimum Gasteiger partial charge on any atom is -0.381 e. The summed E-state index contributed by atoms with van der Waals surface area (Å²) in [5.74, 6) is 0.969. The molecule has 1 aliphatic carbocycles. The fraction of sp³-hybridized carbons (Fsp3) is 0.524. The molecule has 0 unspecified atom stereocenters. The fourth-order valence-corrected chi connectivity index (χ4v) is 4.36. The van der Waals surface area contributed by atoms with Gasteiger partial charge in [-0.1, -0.05) is 6.42 Å². The predicted molar refractivity (Wildman–Crippen MR) is 105 cm³/mol. The number of nitrogens with zero attached hydrogens (tertiary/aromatic N) is 3. The molecule has 3 heterocycles. The molecule has 0 bridgehead atoms. The van der Waals surface area contributed by atoms with Gasteiger partial charge in [0.1, 0.15) is 5.82 Å². The molecule has 28 heavy (non-hydrogen) atoms. The highest BCUT2D eigenvalue weighted by Gasteiger charge is 2.35. The van der Waals surface area contributed by atoms with Crippen molar-refractivity contribution in [2.24, 2.45) is 5.92 Å². The molecule has 2 aliphatic rings. The first-order chi connectivity index (χ1) is 13.6. The SMILES string of the molecule is CO[C@@H]1CCC[C@@H](C(=O)N2CC[C@@H](c3nc(-c4cccnc4)cc(=O)[nH]3)C2)C1. The van der Waals surface area contributed by atoms with Gasteiger partial charge in [-0.2, -0.15) is 0 Å². The summed E-state index contributed by atoms with van der Waals surface area (Å²) >= 11 is 0. The van der Waals surface area contributed by atoms with Crippen LogP contribution in [0.3, 0.4) is 0 Å². The van der Waals surface area contributed by atoms with E-state index in [9.17, 15) is 9.59 Å². The van der Waals surface area contributed by atoms with E-state index < -0.39 is 0 Å². The zero-order valence-electron chi connectivity index (χ0n) is 16.1. The maximum atomic E-state index is 13.0. The van der Waals surface area contributed by atoms with Crippen LogP contribution in [0, 0.1) is 5.92 Å². The maximum absolute atomic E-state index is 13.0. The molecule has 1 aliphatic heterocycles. The second-order valence-electron chi connectivity index (χ2n) is 7.75. The van der Waals surface area contributed by atoms with Gasteiger partial charge in [-0.05, 0) is 37.8 Å². The van der Waals surface area contributed by atoms with Crippen LogP contribution in [0.4, 0.5) is 0 Å². The average Bonchev–Trinajstić information content (AvgIpc) is 3.24. The number of methoxy groups -OCH3 is 1. The summed E-state index contributed by atoms with van der Waals surface area (Å²) in [6.45, 7) is 1.31. The van der Waals surface area contributed by atoms with Crippen LogP contribution < -0.4 is 5.56 Å². The number of aromatic nitrogens is 3. The molecule has 4 rings (SSSR count). The zero-order valence-corrected chi connectivity index (χ0v) is 16.1. The van der Waals surface area contributed by atoms with Gasteiger partial charge >= 0.3 is 0 Å². The fourth-order valence-electron chi connectivity index (χ4n) is 4.36. The maximum Gasteiger partial charge on any atom is 0.251 e. The first-order valence-electron chi connectivity index (χ1n) is 9.97. The van der Waals surface area contributed by atoms with E-state index in [1.165, 1.54) is 6.07 Å². The molecule has 0 spiro atoms. The Labute approximate surface area is 164 Å². The number of likely N-dealkylation sites (tertiary alicyclic amines) is 1. The van der Waals surface area contributed by atoms with Crippen LogP contribution in [0.2, 0.25) is 0 Å². The van der Waals surface area contributed by atoms with E-state index in [0.29, 0.717) is 24.6 Å². The summed E-state index contributed by atoms with van der Waals surface area (Å²) in [5, 5.41) is 0. The van der Waals surface area contributed by atoms with Crippen molar-refractivity contribution in [2.45, 2.75) is 44.1 Å². The first-order valence-corrected chi connectivity index (χ1v) is 9.97. The Kier molecular flexibility index (Phi) is 5.52. The van der Waals surface area contributed by atoms with Crippen molar-refractivity contribution >= 4 is 5.91 Å². The van der Waals surface area contributed by atoms with E-state index in [0.717, 1.165) is 37.7 Å². The third kappa shape index (κ3) is 3.99. The van der Waals surface area contributed by atoms with E-state index in [1.807, 2.05) is 17.0 Å². The summed E-state index contributed by atoms with van der Waals surface area (Å²) in [6, 6.07) is 5.20. The molecule has 7 heteroatoms. The van der Waals surface area contributed by atoms with Gasteiger partial charge in [0.05, 0.1) is 11.8 Å². The number of amides is 1. The van der Waals surface area contributed by atoms with Crippen LogP contribution in [0.15, 0.2) is 35.4 Å². The van der Waals surface area contributed by atoms with Crippen molar-refractivity contribution in [1.82, 2.24) is 19.9 Å². The molecule has 3 atom stereocenters. The smallest absolute Gasteiger partial charge is 0.251 e. The highest BCUT2D eigenvalue weighted by molar-refractivity contribution is 5.79. The number of pyridine rings is 1. The van der Waals surface area contributed by atoms with E-state index in [1.54, 1.807) is 19.5 Å². The van der Waals surface area contributed by atoms with Crippen molar-refractivity contribution < 1.29 is 9.53 Å². The van der Waals surface area contributed by atoms with Gasteiger partial charge < -0.3 is 14.6 Å². The molecule has 2 fully saturated rings. The van der Waals surface area contributed by atoms with E-state index in [4.69, 9.17) is 4.74 Å². The van der Waals surface area contributed by atoms with Crippen molar-refractivity contribution in [3.05, 3.63) is 46.8 Å². The van der Waals surface area contributed by atoms with Crippen LogP contribution >= 0.6 is 0 Å². The molecule has 1 saturated carbocycles. The summed E-state index contributed by atoms with van der Waals surface area (Å²) in [4.78, 5) is 38.7. The van der Waals surface area contributed by atoms with Gasteiger partial charge in [0.15, 0.2) is 0 Å². The molecular formula is C21H26N4O3. The van der Waals surface area contributed by atoms with Crippen molar-refractivity contribution in [2.75, 3.05) is 20.2 Å². The monoisotopic (exact) mass is 382 g/mol. The molecule has 1 saturated heterocycles. The number of carbonyl (C=O) groups is 1. The van der Waals surface area contributed by atoms with Crippen molar-refractivity contribution in [3.8, 4) is 11.3 Å². The second kappa shape index (κ2) is 8.22. The number of carbonyl (C=O) groups excluding carboxylic acids is 1. The molecule has 1 N–H and O–H groups in total. The van der Waals surface area contributed by atoms with Gasteiger partial charge in [-0.15, -0.1) is 0 Å². The number of rotatable bonds is 4. The lowest BCUT2D eigenvalue weighted by Gasteiger charge is -2.30. The lowest BCUT2D eigenvalue weighted by Crippen LogP contribution is -2.38. The molecule has 2 aromatic rings. The van der Waals surface area contributed by atoms with Gasteiger partial charge in [-0.25, -0.2) is 4.98 Å². The number of H-pyrrole nitrogens is 1. The number of hydrogen-bond acceptors (Lipinski definition) is 5. The highest BCUT2D eigenvalue weighted by atomic mass is 16.5. The topological polar surface area (TPSA) is 88.2 Å². The van der Waals surface area contributed by atoms with Gasteiger partial charge in [-0.3, -0.25) is 14.6 Å². The number of hydrogen-bond donors (Lipinski definition) is 1. The quantitative estimate of drug-likeness (QED) is 0.877. The minimum atomic E-state index is -0.177. The normalized spacial score (nSPS) is 25.0. The minimum absolute atomic E-state index is 0.0474. The molecule has 2 aromatic heterocycles. The lowest BCUT2D eigenvalue weighted by molar-refractivity contribution is -0.137. The Morgan fingerprint density at radius 3 is 3.00 bits per heavy atom. The van der Waals surface area contributed by atoms with E-state index >= 15 is 0 Å². The Hall–Kier alpha value is -2.54. The Morgan fingerprint density at radius 1 is 1.32 bits per heavy atom. The largest absolute Gasteiger partial charge is 0.381 e. The summed E-state index contributed by atoms with van der Waals surface area (Å²) in [7, 11) is 1.72. The summed E-state index contributed by atoms with van der Waals surface area (Å²) in [6.07, 6.45) is 8.21. The van der Waals surface area contributed by atoms with Crippen molar-refractivity contribution in [3.63, 3.8) is 0 Å². The number of nitrogens with one attached hydrogen (secondary N) is 1. The van der Waals surface area contributed by atoms with Crippen LogP contribution in [-0.4, -0.2) is 52.1 Å². The average molecular weight is 382 g/mol. The van der Waals surface area contributed by atoms with Crippen LogP contribution in [0.5, 0.6) is 0 Å². The zero-order chi connectivity index (χ0) is 19.5. The predicted octanol–water partition coefficient (Wildman–Crippen LogP) is 2.35. The van der Waals surface area contributed by atoms with E-state index in [-0.39, 0.29) is 29.4 Å². The molecule has 148 valence electrons. The number of ether oxygens (including phenoxy) is 1. The Balaban J connectivity index is 1.48. The molecule has 0 radical (unpaired) electrons. The molecular weight excluding hydrogens is 356 g/mol. The number of aromatic amines is 1. The van der Waals surface area contributed by atoms with Crippen LogP contribution in [0.25, 0.3) is 11.3 Å². The highest BCUT2D eigenvalue weighted by Crippen LogP contribution is 2.31. The summed E-state index contributed by atoms with van der Waals surface area (Å²) < 4.78 is 5.47. The standard InChI is InChI=1S/C21H26N4O3/c1-28-17-6-2-4-14(10-17)21(27)25-9-7-16(13-25)20-23-18(11-19(26)24-20)15-5-3-8-22-12-15/h3,5,8,11-12,14,16-17H,2,4,6-7,9-10,13H2,1H3,(H,23,24,26)/t14-,16-,17-/m1/s1. The van der Waals surface area contributed by atoms with Gasteiger partial charge in [0.2, 0.25) is 5.91 Å². The molecule has 0 aromatic carbocycles. The first kappa shape index (κ1) is 18.8. The summed E-state index contributed by atoms with van der Waals surface area (Å²) in [5.41, 5.74) is 1.25. The third-order valence-electron chi connectivity index (χ3n) is 5.91. The van der Waals surface area contributed by atoms with Crippen molar-refractivity contribution in [1.29, 1.82) is 0 Å². The van der Waals surface area contributed by atoms with Gasteiger partial charge in [0, 0.05) is 56.1 Å². The van der Waals surface area contributed by atoms with E-state index in [2.05, 4.69) is 15.0 Å². The third-order valence-corrected chi connectivity index (χ3v) is 5.91. The molecule has 7 nitrogen and oxygen atoms in total. The second-order valence-corrected chi connectivity index (χ2v) is 7.75. The lowest BCUT2D eigenvalue weighted by atomic mass is 9.86. The van der Waals surface area contributed by atoms with Crippen LogP contribution in [0.1, 0.15) is 43.8 Å². The van der Waals surface area contributed by atoms with Crippen LogP contribution in [-0.2, 0) is 9.53 Å². The molecule has 1 amide bonds.